The van der Waals surface area contributed by atoms with Gasteiger partial charge in [0.15, 0.2) is 0 Å². The minimum absolute atomic E-state index is 0.00759. The molecule has 0 aliphatic heterocycles. The van der Waals surface area contributed by atoms with Gasteiger partial charge in [-0.1, -0.05) is 6.92 Å². The Hall–Kier alpha value is -1.69. The third-order valence-corrected chi connectivity index (χ3v) is 5.13. The molecule has 1 N–H and O–H groups in total. The minimum Gasteiger partial charge on any atom is -0.332 e. The smallest absolute Gasteiger partial charge is 0.272 e. The summed E-state index contributed by atoms with van der Waals surface area (Å²) < 4.78 is 0. The summed E-state index contributed by atoms with van der Waals surface area (Å²) in [7, 11) is 1.87. The van der Waals surface area contributed by atoms with Crippen LogP contribution in [0.1, 0.15) is 51.9 Å². The Morgan fingerprint density at radius 2 is 2.45 bits per heavy atom. The van der Waals surface area contributed by atoms with E-state index in [0.717, 1.165) is 25.7 Å². The van der Waals surface area contributed by atoms with Crippen molar-refractivity contribution in [2.75, 3.05) is 7.05 Å². The molecule has 0 radical (unpaired) electrons. The number of carbonyl (C=O) groups excluding carboxylic acids is 1. The van der Waals surface area contributed by atoms with Crippen LogP contribution in [0, 0.1) is 0 Å². The van der Waals surface area contributed by atoms with Crippen LogP contribution in [0.15, 0.2) is 12.3 Å². The average molecular weight is 290 g/mol. The van der Waals surface area contributed by atoms with Crippen LogP contribution in [0.4, 0.5) is 0 Å². The van der Waals surface area contributed by atoms with Gasteiger partial charge >= 0.3 is 0 Å². The van der Waals surface area contributed by atoms with Gasteiger partial charge in [-0.3, -0.25) is 9.89 Å². The fourth-order valence-corrected chi connectivity index (χ4v) is 3.91. The van der Waals surface area contributed by atoms with Crippen LogP contribution < -0.4 is 0 Å². The summed E-state index contributed by atoms with van der Waals surface area (Å²) in [6.45, 7) is 2.12. The lowest BCUT2D eigenvalue weighted by molar-refractivity contribution is 0.0712. The van der Waals surface area contributed by atoms with Crippen molar-refractivity contribution in [3.05, 3.63) is 33.5 Å². The van der Waals surface area contributed by atoms with Crippen LogP contribution in [0.2, 0.25) is 0 Å². The zero-order chi connectivity index (χ0) is 14.1. The number of nitrogens with one attached hydrogen (secondary N) is 1. The summed E-state index contributed by atoms with van der Waals surface area (Å²) in [5.41, 5.74) is 1.73. The summed E-state index contributed by atoms with van der Waals surface area (Å²) in [6.07, 6.45) is 5.70. The van der Waals surface area contributed by atoms with E-state index in [1.54, 1.807) is 23.6 Å². The second-order valence-electron chi connectivity index (χ2n) is 5.07. The summed E-state index contributed by atoms with van der Waals surface area (Å²) in [4.78, 5) is 20.2. The number of hydrogen-bond donors (Lipinski definition) is 1. The summed E-state index contributed by atoms with van der Waals surface area (Å²) in [5, 5.41) is 7.76. The molecule has 2 heterocycles. The molecule has 3 rings (SSSR count). The molecule has 20 heavy (non-hydrogen) atoms. The van der Waals surface area contributed by atoms with Gasteiger partial charge in [0.25, 0.3) is 5.91 Å². The molecule has 0 saturated heterocycles. The number of carbonyl (C=O) groups is 1. The second-order valence-corrected chi connectivity index (χ2v) is 6.18. The van der Waals surface area contributed by atoms with Gasteiger partial charge in [0, 0.05) is 13.2 Å². The van der Waals surface area contributed by atoms with Crippen molar-refractivity contribution in [3.8, 4) is 0 Å². The quantitative estimate of drug-likeness (QED) is 0.945. The standard InChI is InChI=1S/C14H18N4OS/c1-3-12-16-9-5-4-6-11(13(9)20-12)18(2)14(19)10-7-8-15-17-10/h7-8,11H,3-6H2,1-2H3,(H,15,17)/t11-/m1/s1. The highest BCUT2D eigenvalue weighted by atomic mass is 32.1. The molecule has 0 bridgehead atoms. The third-order valence-electron chi connectivity index (χ3n) is 3.79. The summed E-state index contributed by atoms with van der Waals surface area (Å²) in [5.74, 6) is -0.00759. The molecular formula is C14H18N4OS. The summed E-state index contributed by atoms with van der Waals surface area (Å²) in [6, 6.07) is 1.86. The Morgan fingerprint density at radius 3 is 3.15 bits per heavy atom. The van der Waals surface area contributed by atoms with Crippen molar-refractivity contribution in [3.63, 3.8) is 0 Å². The molecule has 1 aliphatic rings. The van der Waals surface area contributed by atoms with Crippen molar-refractivity contribution < 1.29 is 4.79 Å². The van der Waals surface area contributed by atoms with E-state index in [1.807, 2.05) is 11.9 Å². The topological polar surface area (TPSA) is 61.9 Å². The normalized spacial score (nSPS) is 17.8. The van der Waals surface area contributed by atoms with E-state index >= 15 is 0 Å². The maximum Gasteiger partial charge on any atom is 0.272 e. The number of aromatic nitrogens is 3. The lowest BCUT2D eigenvalue weighted by Crippen LogP contribution is -2.33. The van der Waals surface area contributed by atoms with Gasteiger partial charge in [-0.15, -0.1) is 11.3 Å². The number of aromatic amines is 1. The first-order valence-electron chi connectivity index (χ1n) is 6.95. The predicted octanol–water partition coefficient (Wildman–Crippen LogP) is 2.58. The highest BCUT2D eigenvalue weighted by Crippen LogP contribution is 2.38. The van der Waals surface area contributed by atoms with Crippen molar-refractivity contribution >= 4 is 17.2 Å². The molecule has 1 amide bonds. The maximum absolute atomic E-state index is 12.4. The van der Waals surface area contributed by atoms with Gasteiger partial charge in [0.05, 0.1) is 21.6 Å². The first-order valence-corrected chi connectivity index (χ1v) is 7.77. The van der Waals surface area contributed by atoms with Crippen molar-refractivity contribution in [2.45, 2.75) is 38.6 Å². The summed E-state index contributed by atoms with van der Waals surface area (Å²) >= 11 is 1.76. The van der Waals surface area contributed by atoms with Crippen LogP contribution in [0.5, 0.6) is 0 Å². The van der Waals surface area contributed by atoms with Crippen molar-refractivity contribution in [2.24, 2.45) is 0 Å². The van der Waals surface area contributed by atoms with Crippen LogP contribution in [0.3, 0.4) is 0 Å². The predicted molar refractivity (Wildman–Crippen MR) is 77.9 cm³/mol. The van der Waals surface area contributed by atoms with Crippen molar-refractivity contribution in [1.82, 2.24) is 20.1 Å². The Morgan fingerprint density at radius 1 is 1.60 bits per heavy atom. The van der Waals surface area contributed by atoms with Gasteiger partial charge in [-0.05, 0) is 31.7 Å². The van der Waals surface area contributed by atoms with Gasteiger partial charge in [0.2, 0.25) is 0 Å². The van der Waals surface area contributed by atoms with E-state index in [2.05, 4.69) is 22.1 Å². The van der Waals surface area contributed by atoms with E-state index in [4.69, 9.17) is 0 Å². The number of hydrogen-bond acceptors (Lipinski definition) is 4. The van der Waals surface area contributed by atoms with Gasteiger partial charge in [-0.2, -0.15) is 5.10 Å². The lowest BCUT2D eigenvalue weighted by Gasteiger charge is -2.30. The molecule has 1 atom stereocenters. The van der Waals surface area contributed by atoms with Crippen LogP contribution in [-0.4, -0.2) is 33.0 Å². The van der Waals surface area contributed by atoms with Crippen LogP contribution in [0.25, 0.3) is 0 Å². The minimum atomic E-state index is -0.00759. The number of rotatable bonds is 3. The van der Waals surface area contributed by atoms with Crippen LogP contribution in [-0.2, 0) is 12.8 Å². The first-order chi connectivity index (χ1) is 9.70. The lowest BCUT2D eigenvalue weighted by atomic mass is 9.97. The molecule has 6 heteroatoms. The first kappa shape index (κ1) is 13.3. The molecule has 0 fully saturated rings. The van der Waals surface area contributed by atoms with Crippen LogP contribution >= 0.6 is 11.3 Å². The van der Waals surface area contributed by atoms with Crippen molar-refractivity contribution in [1.29, 1.82) is 0 Å². The molecular weight excluding hydrogens is 272 g/mol. The largest absolute Gasteiger partial charge is 0.332 e. The van der Waals surface area contributed by atoms with E-state index in [-0.39, 0.29) is 11.9 Å². The zero-order valence-corrected chi connectivity index (χ0v) is 12.5. The maximum atomic E-state index is 12.4. The number of H-pyrrole nitrogens is 1. The van der Waals surface area contributed by atoms with E-state index in [0.29, 0.717) is 5.69 Å². The van der Waals surface area contributed by atoms with Gasteiger partial charge < -0.3 is 4.90 Å². The molecule has 106 valence electrons. The molecule has 2 aromatic heterocycles. The molecule has 0 unspecified atom stereocenters. The fraction of sp³-hybridized carbons (Fsp3) is 0.500. The molecule has 0 aromatic carbocycles. The average Bonchev–Trinajstić information content (AvgIpc) is 3.13. The number of amides is 1. The van der Waals surface area contributed by atoms with E-state index in [9.17, 15) is 4.79 Å². The Bertz CT molecular complexity index is 605. The fourth-order valence-electron chi connectivity index (χ4n) is 2.67. The monoisotopic (exact) mass is 290 g/mol. The van der Waals surface area contributed by atoms with E-state index < -0.39 is 0 Å². The number of nitrogens with zero attached hydrogens (tertiary/aromatic N) is 3. The molecule has 0 saturated carbocycles. The second kappa shape index (κ2) is 5.36. The number of fused-ring (bicyclic) bond motifs is 1. The number of aryl methyl sites for hydroxylation is 2. The van der Waals surface area contributed by atoms with Gasteiger partial charge in [0.1, 0.15) is 5.69 Å². The Kier molecular flexibility index (Phi) is 3.56. The number of thiazole rings is 1. The molecule has 5 nitrogen and oxygen atoms in total. The molecule has 1 aliphatic carbocycles. The Balaban J connectivity index is 1.88. The third kappa shape index (κ3) is 2.24. The Labute approximate surface area is 122 Å². The SMILES string of the molecule is CCc1nc2c(s1)[C@H](N(C)C(=O)c1ccn[nH]1)CCC2. The highest BCUT2D eigenvalue weighted by Gasteiger charge is 2.30. The highest BCUT2D eigenvalue weighted by molar-refractivity contribution is 7.11. The zero-order valence-electron chi connectivity index (χ0n) is 11.7. The molecule has 0 spiro atoms. The van der Waals surface area contributed by atoms with E-state index in [1.165, 1.54) is 15.6 Å². The molecule has 2 aromatic rings. The van der Waals surface area contributed by atoms with Gasteiger partial charge in [-0.25, -0.2) is 4.98 Å².